The van der Waals surface area contributed by atoms with Crippen molar-refractivity contribution in [1.82, 2.24) is 9.99 Å². The number of carbonyl (C=O) groups is 2. The number of likely N-dealkylation sites (N-methyl/N-ethyl adjacent to an activating group) is 1. The van der Waals surface area contributed by atoms with Gasteiger partial charge in [-0.05, 0) is 38.4 Å². The highest BCUT2D eigenvalue weighted by molar-refractivity contribution is 5.90. The number of carbonyl (C=O) groups excluding carboxylic acids is 2. The maximum Gasteiger partial charge on any atom is 0.357 e. The average Bonchev–Trinajstić information content (AvgIpc) is 2.60. The normalized spacial score (nSPS) is 16.0. The molecular weight excluding hydrogens is 338 g/mol. The Morgan fingerprint density at radius 2 is 2.27 bits per heavy atom. The maximum absolute atomic E-state index is 12.3. The molecule has 1 atom stereocenters. The first-order chi connectivity index (χ1) is 12.5. The van der Waals surface area contributed by atoms with Gasteiger partial charge < -0.3 is 15.2 Å². The Hall–Kier alpha value is -2.94. The molecule has 26 heavy (non-hydrogen) atoms. The third kappa shape index (κ3) is 4.37. The van der Waals surface area contributed by atoms with E-state index in [9.17, 15) is 9.59 Å². The molecule has 0 aromatic carbocycles. The first-order valence-corrected chi connectivity index (χ1v) is 8.21. The van der Waals surface area contributed by atoms with Crippen LogP contribution < -0.4 is 10.7 Å². The zero-order valence-electron chi connectivity index (χ0n) is 14.9. The van der Waals surface area contributed by atoms with E-state index in [0.29, 0.717) is 24.7 Å². The Morgan fingerprint density at radius 1 is 1.54 bits per heavy atom. The first-order valence-electron chi connectivity index (χ1n) is 8.21. The third-order valence-corrected chi connectivity index (χ3v) is 3.84. The quantitative estimate of drug-likeness (QED) is 0.319. The van der Waals surface area contributed by atoms with Gasteiger partial charge in [0.2, 0.25) is 0 Å². The Bertz CT molecular complexity index is 702. The predicted octanol–water partition coefficient (Wildman–Crippen LogP) is 1.03. The zero-order chi connectivity index (χ0) is 19.1. The molecule has 0 spiro atoms. The van der Waals surface area contributed by atoms with Crippen LogP contribution in [0.2, 0.25) is 0 Å². The van der Waals surface area contributed by atoms with Crippen LogP contribution in [0.4, 0.5) is 11.5 Å². The highest BCUT2D eigenvalue weighted by Crippen LogP contribution is 2.29. The number of nitrogens with zero attached hydrogens (tertiary/aromatic N) is 4. The number of ether oxygens (including phenoxy) is 2. The van der Waals surface area contributed by atoms with Crippen LogP contribution in [0.1, 0.15) is 23.8 Å². The summed E-state index contributed by atoms with van der Waals surface area (Å²) in [5.74, 6) is -0.604. The number of anilines is 1. The Balaban J connectivity index is 2.43. The molecule has 0 aliphatic carbocycles. The molecule has 9 heteroatoms. The van der Waals surface area contributed by atoms with Crippen LogP contribution in [0.5, 0.6) is 0 Å². The number of rotatable bonds is 8. The van der Waals surface area contributed by atoms with E-state index < -0.39 is 5.97 Å². The van der Waals surface area contributed by atoms with E-state index in [2.05, 4.69) is 16.7 Å². The number of hydrazine groups is 1. The van der Waals surface area contributed by atoms with Gasteiger partial charge in [0.05, 0.1) is 19.3 Å². The lowest BCUT2D eigenvalue weighted by atomic mass is 10.2. The van der Waals surface area contributed by atoms with Crippen molar-refractivity contribution in [1.29, 1.82) is 0 Å². The van der Waals surface area contributed by atoms with E-state index in [4.69, 9.17) is 15.2 Å². The van der Waals surface area contributed by atoms with Crippen molar-refractivity contribution in [2.24, 2.45) is 10.7 Å². The fourth-order valence-corrected chi connectivity index (χ4v) is 2.35. The van der Waals surface area contributed by atoms with Crippen LogP contribution in [-0.2, 0) is 14.3 Å². The van der Waals surface area contributed by atoms with Crippen molar-refractivity contribution < 1.29 is 19.1 Å². The van der Waals surface area contributed by atoms with Crippen LogP contribution in [0, 0.1) is 0 Å². The van der Waals surface area contributed by atoms with E-state index in [1.165, 1.54) is 17.2 Å². The second-order valence-electron chi connectivity index (χ2n) is 5.50. The summed E-state index contributed by atoms with van der Waals surface area (Å²) in [5.41, 5.74) is 5.86. The smallest absolute Gasteiger partial charge is 0.357 e. The molecule has 1 aliphatic rings. The Kier molecular flexibility index (Phi) is 6.67. The van der Waals surface area contributed by atoms with E-state index >= 15 is 0 Å². The molecule has 1 aromatic rings. The average molecular weight is 361 g/mol. The summed E-state index contributed by atoms with van der Waals surface area (Å²) in [6, 6.07) is 3.11. The molecule has 0 saturated carbocycles. The van der Waals surface area contributed by atoms with E-state index in [-0.39, 0.29) is 24.3 Å². The number of amides is 1. The van der Waals surface area contributed by atoms with Gasteiger partial charge >= 0.3 is 5.97 Å². The fourth-order valence-electron chi connectivity index (χ4n) is 2.35. The number of hydrogen-bond acceptors (Lipinski definition) is 8. The number of aliphatic imine (C=N–C) groups is 1. The maximum atomic E-state index is 12.3. The molecule has 0 bridgehead atoms. The minimum absolute atomic E-state index is 0.0576. The molecule has 1 amide bonds. The summed E-state index contributed by atoms with van der Waals surface area (Å²) < 4.78 is 10.5. The SMILES string of the molecule is C=Nc1ccc(C(=O)OCC)nc1N(C[C@@H]1CCO1)N(C)C(=O)C=CN. The van der Waals surface area contributed by atoms with Gasteiger partial charge in [-0.15, -0.1) is 0 Å². The number of nitrogens with two attached hydrogens (primary N) is 1. The molecule has 0 unspecified atom stereocenters. The molecule has 2 N–H and O–H groups in total. The Labute approximate surface area is 152 Å². The summed E-state index contributed by atoms with van der Waals surface area (Å²) in [7, 11) is 1.58. The molecule has 1 aliphatic heterocycles. The minimum atomic E-state index is -0.556. The summed E-state index contributed by atoms with van der Waals surface area (Å²) >= 11 is 0. The van der Waals surface area contributed by atoms with Crippen LogP contribution in [0.25, 0.3) is 0 Å². The molecule has 1 saturated heterocycles. The van der Waals surface area contributed by atoms with Gasteiger partial charge in [-0.1, -0.05) is 0 Å². The molecule has 2 heterocycles. The molecule has 1 aromatic heterocycles. The largest absolute Gasteiger partial charge is 0.461 e. The van der Waals surface area contributed by atoms with Gasteiger partial charge in [0.25, 0.3) is 5.91 Å². The first kappa shape index (κ1) is 19.4. The van der Waals surface area contributed by atoms with Gasteiger partial charge in [0.1, 0.15) is 5.69 Å². The van der Waals surface area contributed by atoms with Crippen molar-refractivity contribution in [3.05, 3.63) is 30.1 Å². The van der Waals surface area contributed by atoms with Gasteiger partial charge in [0.15, 0.2) is 11.5 Å². The number of esters is 1. The summed E-state index contributed by atoms with van der Waals surface area (Å²) in [6.07, 6.45) is 3.19. The van der Waals surface area contributed by atoms with Crippen LogP contribution in [0.15, 0.2) is 29.4 Å². The fraction of sp³-hybridized carbons (Fsp3) is 0.412. The molecule has 0 radical (unpaired) electrons. The second kappa shape index (κ2) is 8.95. The monoisotopic (exact) mass is 361 g/mol. The topological polar surface area (TPSA) is 110 Å². The van der Waals surface area contributed by atoms with Crippen molar-refractivity contribution >= 4 is 30.1 Å². The second-order valence-corrected chi connectivity index (χ2v) is 5.50. The summed E-state index contributed by atoms with van der Waals surface area (Å²) in [4.78, 5) is 32.6. The number of hydrogen-bond donors (Lipinski definition) is 1. The van der Waals surface area contributed by atoms with E-state index in [1.54, 1.807) is 25.0 Å². The minimum Gasteiger partial charge on any atom is -0.461 e. The summed E-state index contributed by atoms with van der Waals surface area (Å²) in [5, 5.41) is 2.94. The standard InChI is InChI=1S/C17H23N5O4/c1-4-25-17(24)14-6-5-13(19-2)16(20-14)22(11-12-8-10-26-12)21(3)15(23)7-9-18/h5-7,9,12H,2,4,8,10-11,18H2,1,3H3/t12-/m0/s1. The van der Waals surface area contributed by atoms with Crippen LogP contribution >= 0.6 is 0 Å². The molecule has 1 fully saturated rings. The van der Waals surface area contributed by atoms with Gasteiger partial charge in [-0.3, -0.25) is 19.8 Å². The van der Waals surface area contributed by atoms with Gasteiger partial charge in [-0.2, -0.15) is 0 Å². The zero-order valence-corrected chi connectivity index (χ0v) is 14.9. The molecule has 2 rings (SSSR count). The van der Waals surface area contributed by atoms with Gasteiger partial charge in [-0.25, -0.2) is 9.78 Å². The Morgan fingerprint density at radius 3 is 2.81 bits per heavy atom. The van der Waals surface area contributed by atoms with Crippen molar-refractivity contribution in [2.45, 2.75) is 19.4 Å². The van der Waals surface area contributed by atoms with Crippen LogP contribution in [-0.4, -0.2) is 61.5 Å². The van der Waals surface area contributed by atoms with E-state index in [0.717, 1.165) is 12.6 Å². The van der Waals surface area contributed by atoms with Gasteiger partial charge in [0, 0.05) is 19.7 Å². The lowest BCUT2D eigenvalue weighted by molar-refractivity contribution is -0.126. The lowest BCUT2D eigenvalue weighted by Gasteiger charge is -2.38. The highest BCUT2D eigenvalue weighted by Gasteiger charge is 2.28. The number of pyridine rings is 1. The molecule has 9 nitrogen and oxygen atoms in total. The lowest BCUT2D eigenvalue weighted by Crippen LogP contribution is -2.50. The number of aromatic nitrogens is 1. The van der Waals surface area contributed by atoms with E-state index in [1.807, 2.05) is 0 Å². The van der Waals surface area contributed by atoms with Crippen molar-refractivity contribution in [2.75, 3.05) is 31.8 Å². The van der Waals surface area contributed by atoms with Crippen molar-refractivity contribution in [3.8, 4) is 0 Å². The molecule has 140 valence electrons. The predicted molar refractivity (Wildman–Crippen MR) is 97.2 cm³/mol. The highest BCUT2D eigenvalue weighted by atomic mass is 16.5. The molecular formula is C17H23N5O4. The summed E-state index contributed by atoms with van der Waals surface area (Å²) in [6.45, 7) is 6.51. The van der Waals surface area contributed by atoms with Crippen molar-refractivity contribution in [3.63, 3.8) is 0 Å². The third-order valence-electron chi connectivity index (χ3n) is 3.84. The van der Waals surface area contributed by atoms with Crippen LogP contribution in [0.3, 0.4) is 0 Å².